The summed E-state index contributed by atoms with van der Waals surface area (Å²) >= 11 is 6.09. The van der Waals surface area contributed by atoms with Crippen LogP contribution in [-0.4, -0.2) is 21.0 Å². The van der Waals surface area contributed by atoms with Crippen molar-refractivity contribution >= 4 is 21.6 Å². The number of rotatable bonds is 6. The first-order valence-corrected chi connectivity index (χ1v) is 7.90. The van der Waals surface area contributed by atoms with Gasteiger partial charge in [-0.3, -0.25) is 0 Å². The Morgan fingerprint density at radius 3 is 2.67 bits per heavy atom. The van der Waals surface area contributed by atoms with Gasteiger partial charge in [-0.15, -0.1) is 0 Å². The Labute approximate surface area is 113 Å². The highest BCUT2D eigenvalue weighted by molar-refractivity contribution is 7.89. The molecule has 0 aromatic heterocycles. The molecule has 6 heteroatoms. The van der Waals surface area contributed by atoms with Crippen molar-refractivity contribution in [3.8, 4) is 0 Å². The summed E-state index contributed by atoms with van der Waals surface area (Å²) in [6, 6.07) is 4.98. The first-order chi connectivity index (χ1) is 8.53. The third-order valence-corrected chi connectivity index (χ3v) is 4.67. The van der Waals surface area contributed by atoms with E-state index in [0.717, 1.165) is 24.9 Å². The summed E-state index contributed by atoms with van der Waals surface area (Å²) in [4.78, 5) is 0.236. The van der Waals surface area contributed by atoms with Gasteiger partial charge in [0.15, 0.2) is 0 Å². The maximum absolute atomic E-state index is 12.0. The van der Waals surface area contributed by atoms with Gasteiger partial charge in [-0.05, 0) is 37.1 Å². The first kappa shape index (κ1) is 13.8. The topological polar surface area (TPSA) is 58.2 Å². The van der Waals surface area contributed by atoms with Gasteiger partial charge in [0, 0.05) is 17.6 Å². The predicted molar refractivity (Wildman–Crippen MR) is 72.2 cm³/mol. The monoisotopic (exact) mass is 288 g/mol. The minimum atomic E-state index is -3.41. The fourth-order valence-electron chi connectivity index (χ4n) is 1.59. The van der Waals surface area contributed by atoms with E-state index >= 15 is 0 Å². The molecule has 1 aromatic rings. The molecule has 0 bridgehead atoms. The maximum Gasteiger partial charge on any atom is 0.240 e. The third kappa shape index (κ3) is 3.45. The Bertz CT molecular complexity index is 527. The van der Waals surface area contributed by atoms with Crippen molar-refractivity contribution in [2.75, 3.05) is 6.54 Å². The van der Waals surface area contributed by atoms with E-state index in [4.69, 9.17) is 11.6 Å². The Kier molecular flexibility index (Phi) is 4.27. The van der Waals surface area contributed by atoms with Gasteiger partial charge in [0.2, 0.25) is 10.0 Å². The van der Waals surface area contributed by atoms with E-state index in [-0.39, 0.29) is 10.9 Å². The van der Waals surface area contributed by atoms with Crippen molar-refractivity contribution < 1.29 is 8.42 Å². The summed E-state index contributed by atoms with van der Waals surface area (Å²) in [5.41, 5.74) is 0.906. The van der Waals surface area contributed by atoms with Gasteiger partial charge < -0.3 is 5.32 Å². The summed E-state index contributed by atoms with van der Waals surface area (Å²) in [7, 11) is -3.41. The number of halogens is 1. The molecule has 0 radical (unpaired) electrons. The van der Waals surface area contributed by atoms with Crippen molar-refractivity contribution in [1.29, 1.82) is 0 Å². The molecule has 18 heavy (non-hydrogen) atoms. The predicted octanol–water partition coefficient (Wildman–Crippen LogP) is 1.89. The lowest BCUT2D eigenvalue weighted by Gasteiger charge is -2.09. The Balaban J connectivity index is 2.16. The molecule has 2 rings (SSSR count). The molecule has 0 heterocycles. The smallest absolute Gasteiger partial charge is 0.240 e. The van der Waals surface area contributed by atoms with Crippen LogP contribution in [0.2, 0.25) is 5.02 Å². The summed E-state index contributed by atoms with van der Waals surface area (Å²) in [5, 5.41) is 3.64. The summed E-state index contributed by atoms with van der Waals surface area (Å²) in [6.07, 6.45) is 1.84. The third-order valence-electron chi connectivity index (χ3n) is 2.80. The zero-order chi connectivity index (χ0) is 13.2. The van der Waals surface area contributed by atoms with E-state index in [0.29, 0.717) is 11.6 Å². The standard InChI is InChI=1S/C12H17ClN2O2S/c1-2-14-8-9-3-6-11(7-12(9)13)18(16,17)15-10-4-5-10/h3,6-7,10,14-15H,2,4-5,8H2,1H3. The molecular weight excluding hydrogens is 272 g/mol. The van der Waals surface area contributed by atoms with E-state index in [1.165, 1.54) is 6.07 Å². The molecule has 0 amide bonds. The summed E-state index contributed by atoms with van der Waals surface area (Å²) in [5.74, 6) is 0. The van der Waals surface area contributed by atoms with Gasteiger partial charge in [0.05, 0.1) is 4.90 Å². The van der Waals surface area contributed by atoms with Gasteiger partial charge in [-0.25, -0.2) is 13.1 Å². The van der Waals surface area contributed by atoms with E-state index in [1.54, 1.807) is 12.1 Å². The molecule has 0 spiro atoms. The number of nitrogens with one attached hydrogen (secondary N) is 2. The van der Waals surface area contributed by atoms with E-state index in [1.807, 2.05) is 6.92 Å². The second-order valence-electron chi connectivity index (χ2n) is 4.43. The second-order valence-corrected chi connectivity index (χ2v) is 6.55. The molecule has 0 saturated heterocycles. The SMILES string of the molecule is CCNCc1ccc(S(=O)(=O)NC2CC2)cc1Cl. The molecule has 2 N–H and O–H groups in total. The maximum atomic E-state index is 12.0. The molecule has 0 aliphatic heterocycles. The molecule has 100 valence electrons. The largest absolute Gasteiger partial charge is 0.313 e. The van der Waals surface area contributed by atoms with Gasteiger partial charge in [0.25, 0.3) is 0 Å². The molecule has 1 aliphatic carbocycles. The lowest BCUT2D eigenvalue weighted by molar-refractivity contribution is 0.581. The van der Waals surface area contributed by atoms with Crippen LogP contribution in [0, 0.1) is 0 Å². The van der Waals surface area contributed by atoms with Gasteiger partial charge in [0.1, 0.15) is 0 Å². The van der Waals surface area contributed by atoms with Crippen molar-refractivity contribution in [3.63, 3.8) is 0 Å². The van der Waals surface area contributed by atoms with Crippen LogP contribution in [-0.2, 0) is 16.6 Å². The second kappa shape index (κ2) is 5.57. The van der Waals surface area contributed by atoms with Crippen LogP contribution in [0.4, 0.5) is 0 Å². The zero-order valence-corrected chi connectivity index (χ0v) is 11.8. The number of benzene rings is 1. The molecule has 1 aromatic carbocycles. The van der Waals surface area contributed by atoms with Crippen LogP contribution in [0.15, 0.2) is 23.1 Å². The molecule has 4 nitrogen and oxygen atoms in total. The lowest BCUT2D eigenvalue weighted by Crippen LogP contribution is -2.25. The highest BCUT2D eigenvalue weighted by Crippen LogP contribution is 2.24. The van der Waals surface area contributed by atoms with Crippen molar-refractivity contribution in [2.24, 2.45) is 0 Å². The van der Waals surface area contributed by atoms with E-state index in [9.17, 15) is 8.42 Å². The molecule has 1 aliphatic rings. The molecule has 0 unspecified atom stereocenters. The van der Waals surface area contributed by atoms with Crippen LogP contribution in [0.5, 0.6) is 0 Å². The van der Waals surface area contributed by atoms with Crippen molar-refractivity contribution in [3.05, 3.63) is 28.8 Å². The molecule has 1 saturated carbocycles. The number of sulfonamides is 1. The summed E-state index contributed by atoms with van der Waals surface area (Å²) in [6.45, 7) is 3.50. The Morgan fingerprint density at radius 2 is 2.11 bits per heavy atom. The van der Waals surface area contributed by atoms with Crippen LogP contribution >= 0.6 is 11.6 Å². The van der Waals surface area contributed by atoms with Crippen LogP contribution in [0.3, 0.4) is 0 Å². The van der Waals surface area contributed by atoms with Crippen LogP contribution in [0.25, 0.3) is 0 Å². The first-order valence-electron chi connectivity index (χ1n) is 6.04. The number of hydrogen-bond acceptors (Lipinski definition) is 3. The number of hydrogen-bond donors (Lipinski definition) is 2. The minimum absolute atomic E-state index is 0.107. The Hall–Kier alpha value is -0.620. The van der Waals surface area contributed by atoms with Crippen LogP contribution < -0.4 is 10.0 Å². The average molecular weight is 289 g/mol. The van der Waals surface area contributed by atoms with Crippen LogP contribution in [0.1, 0.15) is 25.3 Å². The quantitative estimate of drug-likeness (QED) is 0.840. The van der Waals surface area contributed by atoms with Crippen molar-refractivity contribution in [2.45, 2.75) is 37.2 Å². The normalized spacial score (nSPS) is 15.9. The highest BCUT2D eigenvalue weighted by Gasteiger charge is 2.28. The van der Waals surface area contributed by atoms with Gasteiger partial charge in [-0.2, -0.15) is 0 Å². The zero-order valence-electron chi connectivity index (χ0n) is 10.2. The summed E-state index contributed by atoms with van der Waals surface area (Å²) < 4.78 is 26.6. The molecule has 1 fully saturated rings. The van der Waals surface area contributed by atoms with Gasteiger partial charge in [-0.1, -0.05) is 24.6 Å². The Morgan fingerprint density at radius 1 is 1.39 bits per heavy atom. The minimum Gasteiger partial charge on any atom is -0.313 e. The fraction of sp³-hybridized carbons (Fsp3) is 0.500. The van der Waals surface area contributed by atoms with E-state index in [2.05, 4.69) is 10.0 Å². The molecular formula is C12H17ClN2O2S. The highest BCUT2D eigenvalue weighted by atomic mass is 35.5. The lowest BCUT2D eigenvalue weighted by atomic mass is 10.2. The van der Waals surface area contributed by atoms with Crippen molar-refractivity contribution in [1.82, 2.24) is 10.0 Å². The van der Waals surface area contributed by atoms with Gasteiger partial charge >= 0.3 is 0 Å². The average Bonchev–Trinajstić information content (AvgIpc) is 3.10. The fourth-order valence-corrected chi connectivity index (χ4v) is 3.23. The van der Waals surface area contributed by atoms with E-state index < -0.39 is 10.0 Å². The molecule has 0 atom stereocenters.